The van der Waals surface area contributed by atoms with Gasteiger partial charge in [0.1, 0.15) is 12.4 Å². The molecule has 1 atom stereocenters. The molecule has 7 nitrogen and oxygen atoms in total. The number of anilines is 1. The van der Waals surface area contributed by atoms with Crippen molar-refractivity contribution in [3.63, 3.8) is 0 Å². The van der Waals surface area contributed by atoms with Gasteiger partial charge in [-0.3, -0.25) is 14.5 Å². The van der Waals surface area contributed by atoms with Crippen LogP contribution in [0.25, 0.3) is 0 Å². The average molecular weight is 401 g/mol. The standard InChI is InChI=1S/C22H32N4O3/c1-14(2)29-13-20(28)25-11-5-4-6-18(25)21-23-15(3)17-9-10-19(27)26(22(17)24-21)12-16-7-8-16/h14,16,18H,4-13H2,1-3H3/t18-/m0/s1. The zero-order chi connectivity index (χ0) is 20.5. The molecule has 0 N–H and O–H groups in total. The van der Waals surface area contributed by atoms with Crippen LogP contribution in [0.15, 0.2) is 0 Å². The van der Waals surface area contributed by atoms with Gasteiger partial charge >= 0.3 is 0 Å². The van der Waals surface area contributed by atoms with E-state index in [1.54, 1.807) is 0 Å². The third-order valence-electron chi connectivity index (χ3n) is 6.15. The number of nitrogens with zero attached hydrogens (tertiary/aromatic N) is 4. The molecule has 1 aromatic rings. The molecule has 2 aliphatic heterocycles. The normalized spacial score (nSPS) is 22.2. The molecular weight excluding hydrogens is 368 g/mol. The molecular formula is C22H32N4O3. The SMILES string of the molecule is Cc1nc([C@@H]2CCCCN2C(=O)COC(C)C)nc2c1CCC(=O)N2CC1CC1. The maximum absolute atomic E-state index is 12.8. The van der Waals surface area contributed by atoms with Crippen molar-refractivity contribution in [3.8, 4) is 0 Å². The Hall–Kier alpha value is -2.02. The van der Waals surface area contributed by atoms with Crippen molar-refractivity contribution in [2.75, 3.05) is 24.6 Å². The van der Waals surface area contributed by atoms with Gasteiger partial charge in [0.2, 0.25) is 11.8 Å². The second-order valence-corrected chi connectivity index (χ2v) is 8.88. The maximum Gasteiger partial charge on any atom is 0.249 e. The van der Waals surface area contributed by atoms with Crippen LogP contribution in [0.3, 0.4) is 0 Å². The Balaban J connectivity index is 1.63. The second-order valence-electron chi connectivity index (χ2n) is 8.88. The molecule has 1 aromatic heterocycles. The highest BCUT2D eigenvalue weighted by Gasteiger charge is 2.36. The lowest BCUT2D eigenvalue weighted by Gasteiger charge is -2.36. The van der Waals surface area contributed by atoms with Crippen LogP contribution in [-0.2, 0) is 20.7 Å². The maximum atomic E-state index is 12.8. The Bertz CT molecular complexity index is 791. The first-order valence-corrected chi connectivity index (χ1v) is 11.0. The van der Waals surface area contributed by atoms with Crippen LogP contribution in [0.2, 0.25) is 0 Å². The third-order valence-corrected chi connectivity index (χ3v) is 6.15. The third kappa shape index (κ3) is 4.44. The van der Waals surface area contributed by atoms with E-state index in [0.717, 1.165) is 42.9 Å². The van der Waals surface area contributed by atoms with Crippen LogP contribution in [0.1, 0.15) is 75.5 Å². The molecule has 3 aliphatic rings. The van der Waals surface area contributed by atoms with Gasteiger partial charge in [-0.1, -0.05) is 0 Å². The van der Waals surface area contributed by atoms with Gasteiger partial charge < -0.3 is 9.64 Å². The topological polar surface area (TPSA) is 75.6 Å². The van der Waals surface area contributed by atoms with Gasteiger partial charge in [0.25, 0.3) is 0 Å². The molecule has 0 radical (unpaired) electrons. The highest BCUT2D eigenvalue weighted by molar-refractivity contribution is 5.95. The molecule has 3 heterocycles. The van der Waals surface area contributed by atoms with E-state index in [2.05, 4.69) is 0 Å². The molecule has 0 unspecified atom stereocenters. The van der Waals surface area contributed by atoms with Crippen LogP contribution in [-0.4, -0.2) is 52.5 Å². The summed E-state index contributed by atoms with van der Waals surface area (Å²) in [5, 5.41) is 0. The molecule has 2 fully saturated rings. The molecule has 29 heavy (non-hydrogen) atoms. The quantitative estimate of drug-likeness (QED) is 0.734. The van der Waals surface area contributed by atoms with Crippen molar-refractivity contribution < 1.29 is 14.3 Å². The summed E-state index contributed by atoms with van der Waals surface area (Å²) in [7, 11) is 0. The molecule has 1 saturated carbocycles. The molecule has 0 spiro atoms. The summed E-state index contributed by atoms with van der Waals surface area (Å²) in [5.74, 6) is 2.22. The smallest absolute Gasteiger partial charge is 0.249 e. The number of fused-ring (bicyclic) bond motifs is 1. The lowest BCUT2D eigenvalue weighted by Crippen LogP contribution is -2.42. The number of piperidine rings is 1. The Morgan fingerprint density at radius 1 is 1.17 bits per heavy atom. The molecule has 158 valence electrons. The monoisotopic (exact) mass is 400 g/mol. The minimum absolute atomic E-state index is 0.00622. The highest BCUT2D eigenvalue weighted by Crippen LogP contribution is 2.37. The first-order chi connectivity index (χ1) is 13.9. The number of likely N-dealkylation sites (tertiary alicyclic amines) is 1. The number of carbonyl (C=O) groups excluding carboxylic acids is 2. The van der Waals surface area contributed by atoms with Gasteiger partial charge in [0.05, 0.1) is 12.1 Å². The molecule has 1 aliphatic carbocycles. The fourth-order valence-corrected chi connectivity index (χ4v) is 4.32. The van der Waals surface area contributed by atoms with Gasteiger partial charge in [-0.15, -0.1) is 0 Å². The Morgan fingerprint density at radius 3 is 2.69 bits per heavy atom. The van der Waals surface area contributed by atoms with E-state index in [-0.39, 0.29) is 30.6 Å². The second kappa shape index (κ2) is 8.38. The number of amides is 2. The Kier molecular flexibility index (Phi) is 5.86. The van der Waals surface area contributed by atoms with Crippen molar-refractivity contribution in [2.45, 2.75) is 77.9 Å². The fraction of sp³-hybridized carbons (Fsp3) is 0.727. The summed E-state index contributed by atoms with van der Waals surface area (Å²) >= 11 is 0. The summed E-state index contributed by atoms with van der Waals surface area (Å²) in [6, 6.07) is -0.143. The van der Waals surface area contributed by atoms with Crippen LogP contribution in [0.5, 0.6) is 0 Å². The molecule has 4 rings (SSSR count). The molecule has 0 aromatic carbocycles. The van der Waals surface area contributed by atoms with E-state index in [0.29, 0.717) is 31.1 Å². The van der Waals surface area contributed by atoms with Crippen molar-refractivity contribution in [3.05, 3.63) is 17.1 Å². The number of aryl methyl sites for hydroxylation is 1. The molecule has 1 saturated heterocycles. The van der Waals surface area contributed by atoms with Crippen LogP contribution < -0.4 is 4.90 Å². The first-order valence-electron chi connectivity index (χ1n) is 11.0. The van der Waals surface area contributed by atoms with Gasteiger partial charge in [-0.2, -0.15) is 0 Å². The predicted octanol–water partition coefficient (Wildman–Crippen LogP) is 2.95. The molecule has 2 amide bonds. The Labute approximate surface area is 172 Å². The number of aromatic nitrogens is 2. The minimum atomic E-state index is -0.143. The van der Waals surface area contributed by atoms with E-state index >= 15 is 0 Å². The summed E-state index contributed by atoms with van der Waals surface area (Å²) < 4.78 is 5.55. The van der Waals surface area contributed by atoms with Crippen molar-refractivity contribution in [2.24, 2.45) is 5.92 Å². The largest absolute Gasteiger partial charge is 0.369 e. The van der Waals surface area contributed by atoms with E-state index in [1.165, 1.54) is 12.8 Å². The average Bonchev–Trinajstić information content (AvgIpc) is 3.52. The summed E-state index contributed by atoms with van der Waals surface area (Å²) in [6.45, 7) is 7.42. The van der Waals surface area contributed by atoms with Crippen molar-refractivity contribution in [1.29, 1.82) is 0 Å². The van der Waals surface area contributed by atoms with E-state index in [1.807, 2.05) is 30.6 Å². The number of carbonyl (C=O) groups is 2. The number of hydrogen-bond donors (Lipinski definition) is 0. The highest BCUT2D eigenvalue weighted by atomic mass is 16.5. The van der Waals surface area contributed by atoms with Crippen LogP contribution in [0.4, 0.5) is 5.82 Å². The summed E-state index contributed by atoms with van der Waals surface area (Å²) in [4.78, 5) is 38.9. The Morgan fingerprint density at radius 2 is 1.97 bits per heavy atom. The first kappa shape index (κ1) is 20.3. The zero-order valence-corrected chi connectivity index (χ0v) is 17.8. The number of rotatable bonds is 6. The van der Waals surface area contributed by atoms with Crippen molar-refractivity contribution >= 4 is 17.6 Å². The zero-order valence-electron chi connectivity index (χ0n) is 17.8. The van der Waals surface area contributed by atoms with Crippen molar-refractivity contribution in [1.82, 2.24) is 14.9 Å². The lowest BCUT2D eigenvalue weighted by atomic mass is 9.99. The van der Waals surface area contributed by atoms with Crippen LogP contribution >= 0.6 is 0 Å². The summed E-state index contributed by atoms with van der Waals surface area (Å²) in [5.41, 5.74) is 2.03. The molecule has 7 heteroatoms. The van der Waals surface area contributed by atoms with Gasteiger partial charge in [-0.25, -0.2) is 9.97 Å². The van der Waals surface area contributed by atoms with Gasteiger partial charge in [-0.05, 0) is 65.2 Å². The van der Waals surface area contributed by atoms with E-state index in [9.17, 15) is 9.59 Å². The van der Waals surface area contributed by atoms with E-state index < -0.39 is 0 Å². The molecule has 0 bridgehead atoms. The van der Waals surface area contributed by atoms with Gasteiger partial charge in [0, 0.05) is 30.8 Å². The van der Waals surface area contributed by atoms with Gasteiger partial charge in [0.15, 0.2) is 5.82 Å². The number of hydrogen-bond acceptors (Lipinski definition) is 5. The summed E-state index contributed by atoms with van der Waals surface area (Å²) in [6.07, 6.45) is 6.52. The minimum Gasteiger partial charge on any atom is -0.369 e. The lowest BCUT2D eigenvalue weighted by molar-refractivity contribution is -0.141. The van der Waals surface area contributed by atoms with E-state index in [4.69, 9.17) is 14.7 Å². The predicted molar refractivity (Wildman–Crippen MR) is 110 cm³/mol. The van der Waals surface area contributed by atoms with Crippen LogP contribution in [0, 0.1) is 12.8 Å². The fourth-order valence-electron chi connectivity index (χ4n) is 4.32. The number of ether oxygens (including phenoxy) is 1.